The normalized spacial score (nSPS) is 10.1. The molecule has 0 bridgehead atoms. The Morgan fingerprint density at radius 3 is 2.87 bits per heavy atom. The van der Waals surface area contributed by atoms with Gasteiger partial charge >= 0.3 is 5.97 Å². The van der Waals surface area contributed by atoms with Crippen molar-refractivity contribution in [1.29, 1.82) is 0 Å². The summed E-state index contributed by atoms with van der Waals surface area (Å²) in [5, 5.41) is 10.5. The lowest BCUT2D eigenvalue weighted by Crippen LogP contribution is -2.12. The lowest BCUT2D eigenvalue weighted by molar-refractivity contribution is 0.0696. The van der Waals surface area contributed by atoms with Crippen LogP contribution in [0.4, 0.5) is 0 Å². The summed E-state index contributed by atoms with van der Waals surface area (Å²) in [6.07, 6.45) is 3.73. The second-order valence-corrected chi connectivity index (χ2v) is 3.73. The van der Waals surface area contributed by atoms with Crippen LogP contribution in [0.15, 0.2) is 29.9 Å². The number of rotatable bonds is 4. The number of thiazole rings is 1. The molecule has 0 radical (unpaired) electrons. The van der Waals surface area contributed by atoms with Gasteiger partial charge in [0.1, 0.15) is 0 Å². The maximum Gasteiger partial charge on any atom is 0.365 e. The molecule has 78 valence electrons. The first-order valence-corrected chi connectivity index (χ1v) is 5.18. The summed E-state index contributed by atoms with van der Waals surface area (Å²) in [4.78, 5) is 14.5. The molecule has 5 nitrogen and oxygen atoms in total. The fourth-order valence-corrected chi connectivity index (χ4v) is 1.75. The predicted molar refractivity (Wildman–Crippen MR) is 56.6 cm³/mol. The van der Waals surface area contributed by atoms with Crippen LogP contribution >= 0.6 is 11.3 Å². The number of carboxylic acids is 1. The Bertz CT molecular complexity index is 450. The molecule has 0 unspecified atom stereocenters. The van der Waals surface area contributed by atoms with Crippen LogP contribution in [0, 0.1) is 0 Å². The lowest BCUT2D eigenvalue weighted by Gasteiger charge is -2.04. The smallest absolute Gasteiger partial charge is 0.365 e. The van der Waals surface area contributed by atoms with E-state index in [4.69, 9.17) is 5.11 Å². The van der Waals surface area contributed by atoms with E-state index in [9.17, 15) is 4.79 Å². The number of hydrogen-bond donors (Lipinski definition) is 2. The molecule has 0 aliphatic carbocycles. The third-order valence-corrected chi connectivity index (χ3v) is 2.66. The van der Waals surface area contributed by atoms with Crippen LogP contribution in [0.5, 0.6) is 0 Å². The van der Waals surface area contributed by atoms with Gasteiger partial charge in [-0.2, -0.15) is 0 Å². The molecule has 0 amide bonds. The number of carbonyl (C=O) groups is 1. The summed E-state index contributed by atoms with van der Waals surface area (Å²) < 4.78 is 1.79. The maximum absolute atomic E-state index is 10.6. The number of aromatic nitrogens is 2. The second kappa shape index (κ2) is 4.14. The standard InChI is InChI=1S/C9H9N3O2S/c13-9(14)8-11-7(6-15-8)5-10-12-3-1-2-4-12/h1-4,6,10H,5H2,(H,13,14). The minimum Gasteiger partial charge on any atom is -0.476 e. The SMILES string of the molecule is O=C(O)c1nc(CNn2cccc2)cs1. The Hall–Kier alpha value is -1.82. The fourth-order valence-electron chi connectivity index (χ4n) is 1.10. The van der Waals surface area contributed by atoms with Gasteiger partial charge in [-0.25, -0.2) is 9.78 Å². The molecular weight excluding hydrogens is 214 g/mol. The highest BCUT2D eigenvalue weighted by atomic mass is 32.1. The molecule has 2 aromatic rings. The number of hydrogen-bond acceptors (Lipinski definition) is 4. The van der Waals surface area contributed by atoms with E-state index in [1.165, 1.54) is 0 Å². The molecule has 0 atom stereocenters. The Labute approximate surface area is 90.0 Å². The zero-order chi connectivity index (χ0) is 10.7. The minimum atomic E-state index is -0.979. The van der Waals surface area contributed by atoms with Crippen LogP contribution in [-0.2, 0) is 6.54 Å². The Kier molecular flexibility index (Phi) is 2.68. The van der Waals surface area contributed by atoms with Crippen molar-refractivity contribution in [3.63, 3.8) is 0 Å². The van der Waals surface area contributed by atoms with Crippen molar-refractivity contribution in [3.8, 4) is 0 Å². The molecule has 2 aromatic heterocycles. The van der Waals surface area contributed by atoms with Crippen LogP contribution in [0.1, 0.15) is 15.5 Å². The molecule has 0 aromatic carbocycles. The summed E-state index contributed by atoms with van der Waals surface area (Å²) >= 11 is 1.13. The number of nitrogens with one attached hydrogen (secondary N) is 1. The zero-order valence-corrected chi connectivity index (χ0v) is 8.57. The largest absolute Gasteiger partial charge is 0.476 e. The van der Waals surface area contributed by atoms with Gasteiger partial charge in [-0.15, -0.1) is 11.3 Å². The first kappa shape index (κ1) is 9.72. The van der Waals surface area contributed by atoms with Crippen LogP contribution < -0.4 is 5.43 Å². The third-order valence-electron chi connectivity index (χ3n) is 1.78. The van der Waals surface area contributed by atoms with Gasteiger partial charge in [0.05, 0.1) is 12.2 Å². The topological polar surface area (TPSA) is 67.2 Å². The van der Waals surface area contributed by atoms with E-state index in [2.05, 4.69) is 10.4 Å². The van der Waals surface area contributed by atoms with Gasteiger partial charge < -0.3 is 10.5 Å². The van der Waals surface area contributed by atoms with Crippen LogP contribution in [-0.4, -0.2) is 20.7 Å². The van der Waals surface area contributed by atoms with Crippen molar-refractivity contribution >= 4 is 17.3 Å². The monoisotopic (exact) mass is 223 g/mol. The van der Waals surface area contributed by atoms with Crippen LogP contribution in [0.2, 0.25) is 0 Å². The van der Waals surface area contributed by atoms with E-state index in [0.717, 1.165) is 17.0 Å². The van der Waals surface area contributed by atoms with Gasteiger partial charge in [0, 0.05) is 17.8 Å². The van der Waals surface area contributed by atoms with Crippen molar-refractivity contribution in [2.75, 3.05) is 5.43 Å². The highest BCUT2D eigenvalue weighted by Gasteiger charge is 2.08. The number of carboxylic acid groups (broad SMARTS) is 1. The molecular formula is C9H9N3O2S. The van der Waals surface area contributed by atoms with Crippen molar-refractivity contribution in [1.82, 2.24) is 9.66 Å². The highest BCUT2D eigenvalue weighted by Crippen LogP contribution is 2.09. The molecule has 0 saturated heterocycles. The van der Waals surface area contributed by atoms with Crippen molar-refractivity contribution < 1.29 is 9.90 Å². The van der Waals surface area contributed by atoms with Gasteiger partial charge in [-0.1, -0.05) is 0 Å². The second-order valence-electron chi connectivity index (χ2n) is 2.87. The quantitative estimate of drug-likeness (QED) is 0.821. The summed E-state index contributed by atoms with van der Waals surface area (Å²) in [5.74, 6) is -0.979. The Balaban J connectivity index is 1.96. The first-order valence-electron chi connectivity index (χ1n) is 4.30. The van der Waals surface area contributed by atoms with Crippen molar-refractivity contribution in [2.24, 2.45) is 0 Å². The van der Waals surface area contributed by atoms with Gasteiger partial charge in [-0.05, 0) is 12.1 Å². The van der Waals surface area contributed by atoms with Crippen LogP contribution in [0.25, 0.3) is 0 Å². The maximum atomic E-state index is 10.6. The number of nitrogens with zero attached hydrogens (tertiary/aromatic N) is 2. The molecule has 0 saturated carbocycles. The van der Waals surface area contributed by atoms with E-state index < -0.39 is 5.97 Å². The fraction of sp³-hybridized carbons (Fsp3) is 0.111. The summed E-state index contributed by atoms with van der Waals surface area (Å²) in [5.41, 5.74) is 3.79. The summed E-state index contributed by atoms with van der Waals surface area (Å²) in [7, 11) is 0. The predicted octanol–water partition coefficient (Wildman–Crippen LogP) is 1.39. The average Bonchev–Trinajstić information content (AvgIpc) is 2.86. The average molecular weight is 223 g/mol. The molecule has 6 heteroatoms. The van der Waals surface area contributed by atoms with Crippen molar-refractivity contribution in [3.05, 3.63) is 40.6 Å². The van der Waals surface area contributed by atoms with Gasteiger partial charge in [0.15, 0.2) is 0 Å². The molecule has 0 spiro atoms. The van der Waals surface area contributed by atoms with E-state index in [1.54, 1.807) is 10.1 Å². The van der Waals surface area contributed by atoms with E-state index in [1.807, 2.05) is 24.5 Å². The van der Waals surface area contributed by atoms with E-state index in [-0.39, 0.29) is 5.01 Å². The molecule has 0 fully saturated rings. The molecule has 2 rings (SSSR count). The molecule has 0 aliphatic rings. The molecule has 15 heavy (non-hydrogen) atoms. The Morgan fingerprint density at radius 1 is 1.53 bits per heavy atom. The van der Waals surface area contributed by atoms with E-state index >= 15 is 0 Å². The summed E-state index contributed by atoms with van der Waals surface area (Å²) in [6, 6.07) is 3.80. The van der Waals surface area contributed by atoms with Gasteiger partial charge in [-0.3, -0.25) is 4.68 Å². The molecule has 2 N–H and O–H groups in total. The number of aromatic carboxylic acids is 1. The van der Waals surface area contributed by atoms with Crippen molar-refractivity contribution in [2.45, 2.75) is 6.54 Å². The van der Waals surface area contributed by atoms with Gasteiger partial charge in [0.2, 0.25) is 5.01 Å². The van der Waals surface area contributed by atoms with Crippen LogP contribution in [0.3, 0.4) is 0 Å². The Morgan fingerprint density at radius 2 is 2.27 bits per heavy atom. The molecule has 2 heterocycles. The molecule has 0 aliphatic heterocycles. The van der Waals surface area contributed by atoms with E-state index in [0.29, 0.717) is 6.54 Å². The summed E-state index contributed by atoms with van der Waals surface area (Å²) in [6.45, 7) is 0.512. The highest BCUT2D eigenvalue weighted by molar-refractivity contribution is 7.11. The minimum absolute atomic E-state index is 0.124. The zero-order valence-electron chi connectivity index (χ0n) is 7.75. The lowest BCUT2D eigenvalue weighted by atomic mass is 10.5. The van der Waals surface area contributed by atoms with Gasteiger partial charge in [0.25, 0.3) is 0 Å². The first-order chi connectivity index (χ1) is 7.25. The third kappa shape index (κ3) is 2.35.